The summed E-state index contributed by atoms with van der Waals surface area (Å²) in [6.45, 7) is 1.73. The number of nitrogens with zero attached hydrogens (tertiary/aromatic N) is 2. The Kier molecular flexibility index (Phi) is 4.58. The van der Waals surface area contributed by atoms with Crippen LogP contribution in [0.15, 0.2) is 24.3 Å². The molecule has 2 saturated heterocycles. The number of likely N-dealkylation sites (N-methyl/N-ethyl adjacent to an activating group) is 1. The maximum atomic E-state index is 13.3. The van der Waals surface area contributed by atoms with Gasteiger partial charge in [-0.1, -0.05) is 12.1 Å². The number of aliphatic carboxylic acids is 1. The summed E-state index contributed by atoms with van der Waals surface area (Å²) in [5, 5.41) is 9.76. The monoisotopic (exact) mass is 334 g/mol. The van der Waals surface area contributed by atoms with Crippen LogP contribution in [-0.2, 0) is 16.0 Å². The van der Waals surface area contributed by atoms with Crippen molar-refractivity contribution in [2.24, 2.45) is 5.41 Å². The molecule has 3 rings (SSSR count). The summed E-state index contributed by atoms with van der Waals surface area (Å²) in [6, 6.07) is 5.90. The molecule has 130 valence electrons. The van der Waals surface area contributed by atoms with Crippen molar-refractivity contribution in [1.29, 1.82) is 0 Å². The maximum absolute atomic E-state index is 13.3. The zero-order chi connectivity index (χ0) is 17.3. The molecule has 0 unspecified atom stereocenters. The molecule has 0 aliphatic carbocycles. The number of hydrogen-bond donors (Lipinski definition) is 1. The van der Waals surface area contributed by atoms with Crippen LogP contribution in [0, 0.1) is 11.2 Å². The molecule has 0 bridgehead atoms. The number of carboxylic acid groups (broad SMARTS) is 1. The number of halogens is 1. The lowest BCUT2D eigenvalue weighted by atomic mass is 9.68. The van der Waals surface area contributed by atoms with Gasteiger partial charge < -0.3 is 14.9 Å². The predicted octanol–water partition coefficient (Wildman–Crippen LogP) is 1.77. The molecule has 24 heavy (non-hydrogen) atoms. The van der Waals surface area contributed by atoms with Crippen molar-refractivity contribution in [3.05, 3.63) is 35.6 Å². The Morgan fingerprint density at radius 2 is 2.12 bits per heavy atom. The standard InChI is InChI=1S/C18H23FN2O3/c1-20-8-3-6-18(17(23)24)7-9-21(12-15(18)20)16(22)11-13-4-2-5-14(19)10-13/h2,4-5,10,15H,3,6-9,11-12H2,1H3,(H,23,24)/t15-,18+/m1/s1. The number of hydrogen-bond acceptors (Lipinski definition) is 3. The second-order valence-electron chi connectivity index (χ2n) is 6.96. The molecule has 6 heteroatoms. The van der Waals surface area contributed by atoms with Crippen molar-refractivity contribution < 1.29 is 19.1 Å². The minimum atomic E-state index is -0.753. The van der Waals surface area contributed by atoms with E-state index in [4.69, 9.17) is 0 Å². The highest BCUT2D eigenvalue weighted by atomic mass is 19.1. The minimum Gasteiger partial charge on any atom is -0.481 e. The Bertz CT molecular complexity index is 651. The van der Waals surface area contributed by atoms with Crippen LogP contribution in [0.3, 0.4) is 0 Å². The van der Waals surface area contributed by atoms with Gasteiger partial charge in [0.1, 0.15) is 5.82 Å². The van der Waals surface area contributed by atoms with E-state index in [9.17, 15) is 19.1 Å². The lowest BCUT2D eigenvalue weighted by molar-refractivity contribution is -0.165. The molecule has 2 aliphatic rings. The first kappa shape index (κ1) is 16.9. The van der Waals surface area contributed by atoms with Gasteiger partial charge in [0.05, 0.1) is 11.8 Å². The van der Waals surface area contributed by atoms with Crippen LogP contribution in [0.4, 0.5) is 4.39 Å². The maximum Gasteiger partial charge on any atom is 0.311 e. The Hall–Kier alpha value is -1.95. The quantitative estimate of drug-likeness (QED) is 0.915. The van der Waals surface area contributed by atoms with E-state index >= 15 is 0 Å². The molecule has 2 atom stereocenters. The molecule has 2 fully saturated rings. The third-order valence-corrected chi connectivity index (χ3v) is 5.55. The first-order valence-corrected chi connectivity index (χ1v) is 8.38. The number of piperidine rings is 2. The minimum absolute atomic E-state index is 0.0708. The molecule has 0 aromatic heterocycles. The smallest absolute Gasteiger partial charge is 0.311 e. The SMILES string of the molecule is CN1CCC[C@]2(C(=O)O)CCN(C(=O)Cc3cccc(F)c3)C[C@@H]12. The second-order valence-corrected chi connectivity index (χ2v) is 6.96. The van der Waals surface area contributed by atoms with E-state index in [2.05, 4.69) is 4.90 Å². The third-order valence-electron chi connectivity index (χ3n) is 5.55. The van der Waals surface area contributed by atoms with E-state index in [1.807, 2.05) is 7.05 Å². The number of fused-ring (bicyclic) bond motifs is 1. The van der Waals surface area contributed by atoms with Crippen molar-refractivity contribution in [3.8, 4) is 0 Å². The van der Waals surface area contributed by atoms with Crippen molar-refractivity contribution in [3.63, 3.8) is 0 Å². The van der Waals surface area contributed by atoms with Gasteiger partial charge in [0.15, 0.2) is 0 Å². The summed E-state index contributed by atoms with van der Waals surface area (Å²) in [4.78, 5) is 28.3. The molecule has 1 aromatic carbocycles. The summed E-state index contributed by atoms with van der Waals surface area (Å²) in [5.74, 6) is -1.18. The number of rotatable bonds is 3. The molecule has 1 N–H and O–H groups in total. The van der Waals surface area contributed by atoms with Crippen LogP contribution < -0.4 is 0 Å². The van der Waals surface area contributed by atoms with Gasteiger partial charge in [-0.15, -0.1) is 0 Å². The zero-order valence-corrected chi connectivity index (χ0v) is 13.9. The van der Waals surface area contributed by atoms with Gasteiger partial charge in [0.25, 0.3) is 0 Å². The molecule has 1 amide bonds. The molecular formula is C18H23FN2O3. The molecule has 0 saturated carbocycles. The summed E-state index contributed by atoms with van der Waals surface area (Å²) in [6.07, 6.45) is 2.17. The number of carbonyl (C=O) groups is 2. The number of carbonyl (C=O) groups excluding carboxylic acids is 1. The van der Waals surface area contributed by atoms with Crippen molar-refractivity contribution in [2.45, 2.75) is 31.7 Å². The Balaban J connectivity index is 1.73. The highest BCUT2D eigenvalue weighted by Gasteiger charge is 2.52. The van der Waals surface area contributed by atoms with Gasteiger partial charge in [0.2, 0.25) is 5.91 Å². The van der Waals surface area contributed by atoms with Gasteiger partial charge in [-0.2, -0.15) is 0 Å². The van der Waals surface area contributed by atoms with E-state index in [0.717, 1.165) is 13.0 Å². The van der Waals surface area contributed by atoms with Crippen LogP contribution in [0.1, 0.15) is 24.8 Å². The van der Waals surface area contributed by atoms with Gasteiger partial charge >= 0.3 is 5.97 Å². The number of likely N-dealkylation sites (tertiary alicyclic amines) is 2. The Morgan fingerprint density at radius 3 is 2.83 bits per heavy atom. The fraction of sp³-hybridized carbons (Fsp3) is 0.556. The predicted molar refractivity (Wildman–Crippen MR) is 87.0 cm³/mol. The van der Waals surface area contributed by atoms with Gasteiger partial charge in [-0.25, -0.2) is 4.39 Å². The van der Waals surface area contributed by atoms with Crippen LogP contribution >= 0.6 is 0 Å². The van der Waals surface area contributed by atoms with E-state index < -0.39 is 11.4 Å². The van der Waals surface area contributed by atoms with Crippen LogP contribution in [0.2, 0.25) is 0 Å². The van der Waals surface area contributed by atoms with E-state index in [0.29, 0.717) is 31.5 Å². The lowest BCUT2D eigenvalue weighted by Gasteiger charge is -2.51. The first-order chi connectivity index (χ1) is 11.4. The fourth-order valence-electron chi connectivity index (χ4n) is 4.14. The summed E-state index contributed by atoms with van der Waals surface area (Å²) < 4.78 is 13.3. The molecule has 2 heterocycles. The molecule has 2 aliphatic heterocycles. The van der Waals surface area contributed by atoms with Crippen LogP contribution in [-0.4, -0.2) is 59.5 Å². The fourth-order valence-corrected chi connectivity index (χ4v) is 4.14. The summed E-state index contributed by atoms with van der Waals surface area (Å²) in [7, 11) is 1.93. The number of benzene rings is 1. The first-order valence-electron chi connectivity index (χ1n) is 8.38. The van der Waals surface area contributed by atoms with Crippen LogP contribution in [0.5, 0.6) is 0 Å². The van der Waals surface area contributed by atoms with Crippen molar-refractivity contribution >= 4 is 11.9 Å². The molecular weight excluding hydrogens is 311 g/mol. The lowest BCUT2D eigenvalue weighted by Crippen LogP contribution is -2.63. The molecule has 5 nitrogen and oxygen atoms in total. The van der Waals surface area contributed by atoms with E-state index in [1.165, 1.54) is 12.1 Å². The molecule has 0 radical (unpaired) electrons. The second kappa shape index (κ2) is 6.51. The Morgan fingerprint density at radius 1 is 1.33 bits per heavy atom. The third kappa shape index (κ3) is 3.02. The van der Waals surface area contributed by atoms with Gasteiger partial charge in [0, 0.05) is 19.1 Å². The molecule has 0 spiro atoms. The largest absolute Gasteiger partial charge is 0.481 e. The normalized spacial score (nSPS) is 27.6. The molecule has 1 aromatic rings. The van der Waals surface area contributed by atoms with E-state index in [1.54, 1.807) is 17.0 Å². The number of amides is 1. The average molecular weight is 334 g/mol. The summed E-state index contributed by atoms with van der Waals surface area (Å²) in [5.41, 5.74) is -0.102. The van der Waals surface area contributed by atoms with E-state index in [-0.39, 0.29) is 24.2 Å². The topological polar surface area (TPSA) is 60.9 Å². The summed E-state index contributed by atoms with van der Waals surface area (Å²) >= 11 is 0. The number of carboxylic acids is 1. The van der Waals surface area contributed by atoms with Gasteiger partial charge in [-0.3, -0.25) is 9.59 Å². The Labute approximate surface area is 141 Å². The zero-order valence-electron chi connectivity index (χ0n) is 13.9. The average Bonchev–Trinajstić information content (AvgIpc) is 2.54. The highest BCUT2D eigenvalue weighted by Crippen LogP contribution is 2.42. The van der Waals surface area contributed by atoms with Gasteiger partial charge in [-0.05, 0) is 50.6 Å². The highest BCUT2D eigenvalue weighted by molar-refractivity contribution is 5.80. The van der Waals surface area contributed by atoms with Crippen molar-refractivity contribution in [1.82, 2.24) is 9.80 Å². The van der Waals surface area contributed by atoms with Crippen molar-refractivity contribution in [2.75, 3.05) is 26.7 Å². The van der Waals surface area contributed by atoms with Crippen LogP contribution in [0.25, 0.3) is 0 Å².